The lowest BCUT2D eigenvalue weighted by Gasteiger charge is -2.17. The van der Waals surface area contributed by atoms with Gasteiger partial charge in [0.2, 0.25) is 5.91 Å². The quantitative estimate of drug-likeness (QED) is 0.558. The maximum absolute atomic E-state index is 11.1. The molecule has 1 atom stereocenters. The second-order valence-corrected chi connectivity index (χ2v) is 4.38. The number of unbranched alkanes of at least 4 members (excludes halogenated alkanes) is 2. The van der Waals surface area contributed by atoms with Gasteiger partial charge in [-0.3, -0.25) is 4.79 Å². The zero-order valence-electron chi connectivity index (χ0n) is 10.8. The van der Waals surface area contributed by atoms with Crippen LogP contribution in [0.1, 0.15) is 46.5 Å². The molecular weight excluding hydrogens is 204 g/mol. The molecule has 96 valence electrons. The predicted molar refractivity (Wildman–Crippen MR) is 66.2 cm³/mol. The van der Waals surface area contributed by atoms with E-state index in [-0.39, 0.29) is 18.0 Å². The molecule has 4 heteroatoms. The number of primary amides is 1. The molecular formula is C12H26N2O2. The molecule has 4 nitrogen and oxygen atoms in total. The van der Waals surface area contributed by atoms with Crippen LogP contribution in [-0.2, 0) is 9.53 Å². The van der Waals surface area contributed by atoms with Gasteiger partial charge in [-0.1, -0.05) is 33.6 Å². The average Bonchev–Trinajstić information content (AvgIpc) is 2.20. The third kappa shape index (κ3) is 8.68. The minimum atomic E-state index is -0.300. The van der Waals surface area contributed by atoms with Crippen molar-refractivity contribution in [1.82, 2.24) is 5.32 Å². The molecule has 0 spiro atoms. The first kappa shape index (κ1) is 15.4. The van der Waals surface area contributed by atoms with Gasteiger partial charge in [-0.25, -0.2) is 0 Å². The van der Waals surface area contributed by atoms with Crippen molar-refractivity contribution in [1.29, 1.82) is 0 Å². The lowest BCUT2D eigenvalue weighted by atomic mass is 10.2. The zero-order chi connectivity index (χ0) is 12.4. The SMILES string of the molecule is CCCCCOCCC(NC(C)C)C(N)=O. The molecule has 0 fully saturated rings. The van der Waals surface area contributed by atoms with Crippen LogP contribution in [0, 0.1) is 0 Å². The normalized spacial score (nSPS) is 13.0. The lowest BCUT2D eigenvalue weighted by molar-refractivity contribution is -0.120. The molecule has 3 N–H and O–H groups in total. The molecule has 0 aromatic carbocycles. The van der Waals surface area contributed by atoms with E-state index in [0.717, 1.165) is 13.0 Å². The van der Waals surface area contributed by atoms with Crippen molar-refractivity contribution in [2.45, 2.75) is 58.5 Å². The average molecular weight is 230 g/mol. The fourth-order valence-corrected chi connectivity index (χ4v) is 1.47. The molecule has 1 unspecified atom stereocenters. The summed E-state index contributed by atoms with van der Waals surface area (Å²) in [7, 11) is 0. The fourth-order valence-electron chi connectivity index (χ4n) is 1.47. The molecule has 0 aliphatic heterocycles. The van der Waals surface area contributed by atoms with Crippen molar-refractivity contribution in [3.8, 4) is 0 Å². The number of nitrogens with two attached hydrogens (primary N) is 1. The van der Waals surface area contributed by atoms with E-state index in [1.807, 2.05) is 13.8 Å². The second kappa shape index (κ2) is 9.60. The fraction of sp³-hybridized carbons (Fsp3) is 0.917. The summed E-state index contributed by atoms with van der Waals surface area (Å²) in [6.45, 7) is 7.53. The van der Waals surface area contributed by atoms with Crippen LogP contribution in [-0.4, -0.2) is 31.2 Å². The maximum Gasteiger partial charge on any atom is 0.234 e. The monoisotopic (exact) mass is 230 g/mol. The molecule has 16 heavy (non-hydrogen) atoms. The Balaban J connectivity index is 3.57. The number of hydrogen-bond acceptors (Lipinski definition) is 3. The van der Waals surface area contributed by atoms with E-state index in [9.17, 15) is 4.79 Å². The van der Waals surface area contributed by atoms with E-state index in [2.05, 4.69) is 12.2 Å². The van der Waals surface area contributed by atoms with Crippen molar-refractivity contribution in [3.05, 3.63) is 0 Å². The standard InChI is InChI=1S/C12H26N2O2/c1-4-5-6-8-16-9-7-11(12(13)15)14-10(2)3/h10-11,14H,4-9H2,1-3H3,(H2,13,15). The summed E-state index contributed by atoms with van der Waals surface area (Å²) in [5, 5.41) is 3.13. The van der Waals surface area contributed by atoms with Crippen LogP contribution >= 0.6 is 0 Å². The summed E-state index contributed by atoms with van der Waals surface area (Å²) in [6.07, 6.45) is 4.14. The number of carbonyl (C=O) groups is 1. The number of ether oxygens (including phenoxy) is 1. The van der Waals surface area contributed by atoms with Crippen LogP contribution in [0.3, 0.4) is 0 Å². The number of nitrogens with one attached hydrogen (secondary N) is 1. The highest BCUT2D eigenvalue weighted by Gasteiger charge is 2.15. The van der Waals surface area contributed by atoms with Gasteiger partial charge in [-0.15, -0.1) is 0 Å². The smallest absolute Gasteiger partial charge is 0.234 e. The van der Waals surface area contributed by atoms with Crippen molar-refractivity contribution < 1.29 is 9.53 Å². The largest absolute Gasteiger partial charge is 0.381 e. The number of amides is 1. The molecule has 0 heterocycles. The van der Waals surface area contributed by atoms with E-state index >= 15 is 0 Å². The Morgan fingerprint density at radius 2 is 2.00 bits per heavy atom. The van der Waals surface area contributed by atoms with E-state index in [0.29, 0.717) is 13.0 Å². The Morgan fingerprint density at radius 3 is 2.50 bits per heavy atom. The van der Waals surface area contributed by atoms with Crippen molar-refractivity contribution >= 4 is 5.91 Å². The molecule has 1 amide bonds. The van der Waals surface area contributed by atoms with Gasteiger partial charge in [-0.2, -0.15) is 0 Å². The van der Waals surface area contributed by atoms with Gasteiger partial charge in [0.05, 0.1) is 6.04 Å². The van der Waals surface area contributed by atoms with Crippen LogP contribution in [0.4, 0.5) is 0 Å². The topological polar surface area (TPSA) is 64.3 Å². The highest BCUT2D eigenvalue weighted by molar-refractivity contribution is 5.79. The Bertz CT molecular complexity index is 184. The van der Waals surface area contributed by atoms with Gasteiger partial charge in [0.15, 0.2) is 0 Å². The van der Waals surface area contributed by atoms with Crippen molar-refractivity contribution in [2.75, 3.05) is 13.2 Å². The predicted octanol–water partition coefficient (Wildman–Crippen LogP) is 1.44. The Morgan fingerprint density at radius 1 is 1.31 bits per heavy atom. The molecule has 0 saturated carbocycles. The van der Waals surface area contributed by atoms with E-state index in [1.54, 1.807) is 0 Å². The number of hydrogen-bond donors (Lipinski definition) is 2. The minimum Gasteiger partial charge on any atom is -0.381 e. The van der Waals surface area contributed by atoms with Gasteiger partial charge in [0.1, 0.15) is 0 Å². The van der Waals surface area contributed by atoms with Crippen molar-refractivity contribution in [2.24, 2.45) is 5.73 Å². The van der Waals surface area contributed by atoms with Crippen molar-refractivity contribution in [3.63, 3.8) is 0 Å². The lowest BCUT2D eigenvalue weighted by Crippen LogP contribution is -2.45. The molecule has 0 aliphatic rings. The summed E-state index contributed by atoms with van der Waals surface area (Å²) in [6, 6.07) is -0.0104. The first-order valence-electron chi connectivity index (χ1n) is 6.21. The van der Waals surface area contributed by atoms with E-state index < -0.39 is 0 Å². The highest BCUT2D eigenvalue weighted by atomic mass is 16.5. The van der Waals surface area contributed by atoms with Crippen LogP contribution in [0.5, 0.6) is 0 Å². The van der Waals surface area contributed by atoms with Crippen LogP contribution in [0.25, 0.3) is 0 Å². The second-order valence-electron chi connectivity index (χ2n) is 4.38. The first-order valence-corrected chi connectivity index (χ1v) is 6.21. The van der Waals surface area contributed by atoms with Gasteiger partial charge >= 0.3 is 0 Å². The van der Waals surface area contributed by atoms with Gasteiger partial charge < -0.3 is 15.8 Å². The molecule has 0 aliphatic carbocycles. The van der Waals surface area contributed by atoms with Crippen LogP contribution < -0.4 is 11.1 Å². The maximum atomic E-state index is 11.1. The summed E-state index contributed by atoms with van der Waals surface area (Å²) < 4.78 is 5.45. The molecule has 0 bridgehead atoms. The molecule has 0 rings (SSSR count). The Kier molecular flexibility index (Phi) is 9.24. The third-order valence-electron chi connectivity index (χ3n) is 2.32. The van der Waals surface area contributed by atoms with Gasteiger partial charge in [0, 0.05) is 19.3 Å². The molecule has 0 saturated heterocycles. The summed E-state index contributed by atoms with van der Waals surface area (Å²) in [4.78, 5) is 11.1. The van der Waals surface area contributed by atoms with Crippen LogP contribution in [0.15, 0.2) is 0 Å². The molecule has 0 aromatic heterocycles. The highest BCUT2D eigenvalue weighted by Crippen LogP contribution is 1.98. The number of rotatable bonds is 10. The van der Waals surface area contributed by atoms with Gasteiger partial charge in [0.25, 0.3) is 0 Å². The Hall–Kier alpha value is -0.610. The summed E-state index contributed by atoms with van der Waals surface area (Å²) in [5.41, 5.74) is 5.29. The van der Waals surface area contributed by atoms with E-state index in [1.165, 1.54) is 12.8 Å². The summed E-state index contributed by atoms with van der Waals surface area (Å²) >= 11 is 0. The first-order chi connectivity index (χ1) is 7.57. The minimum absolute atomic E-state index is 0.262. The van der Waals surface area contributed by atoms with Gasteiger partial charge in [-0.05, 0) is 12.8 Å². The third-order valence-corrected chi connectivity index (χ3v) is 2.32. The summed E-state index contributed by atoms with van der Waals surface area (Å²) in [5.74, 6) is -0.300. The number of carbonyl (C=O) groups excluding carboxylic acids is 1. The van der Waals surface area contributed by atoms with Crippen LogP contribution in [0.2, 0.25) is 0 Å². The molecule has 0 aromatic rings. The Labute approximate surface area is 98.9 Å². The molecule has 0 radical (unpaired) electrons. The zero-order valence-corrected chi connectivity index (χ0v) is 10.8. The van der Waals surface area contributed by atoms with E-state index in [4.69, 9.17) is 10.5 Å².